The van der Waals surface area contributed by atoms with E-state index < -0.39 is 51.1 Å². The van der Waals surface area contributed by atoms with Crippen LogP contribution in [0.1, 0.15) is 24.3 Å². The molecule has 3 aromatic carbocycles. The number of amides is 4. The summed E-state index contributed by atoms with van der Waals surface area (Å²) in [6.07, 6.45) is 1.87. The topological polar surface area (TPSA) is 132 Å². The molecule has 4 aliphatic rings. The predicted molar refractivity (Wildman–Crippen MR) is 207 cm³/mol. The van der Waals surface area contributed by atoms with Gasteiger partial charge in [0.15, 0.2) is 21.2 Å². The van der Waals surface area contributed by atoms with Crippen molar-refractivity contribution in [3.05, 3.63) is 80.8 Å². The number of halogens is 5. The van der Waals surface area contributed by atoms with Crippen molar-refractivity contribution in [1.29, 1.82) is 0 Å². The Bertz CT molecular complexity index is 2100. The molecule has 270 valence electrons. The van der Waals surface area contributed by atoms with Gasteiger partial charge in [0.1, 0.15) is 0 Å². The first-order valence-electron chi connectivity index (χ1n) is 16.1. The van der Waals surface area contributed by atoms with Crippen molar-refractivity contribution < 1.29 is 29.0 Å². The fourth-order valence-corrected chi connectivity index (χ4v) is 10.3. The fourth-order valence-electron chi connectivity index (χ4n) is 7.93. The quantitative estimate of drug-likeness (QED) is 0.0829. The summed E-state index contributed by atoms with van der Waals surface area (Å²) < 4.78 is 6.03. The number of nitrogens with zero attached hydrogens (tertiary/aromatic N) is 5. The second-order valence-corrected chi connectivity index (χ2v) is 16.6. The van der Waals surface area contributed by atoms with Crippen LogP contribution in [0.4, 0.5) is 22.7 Å². The van der Waals surface area contributed by atoms with Crippen LogP contribution in [0, 0.1) is 17.8 Å². The van der Waals surface area contributed by atoms with E-state index in [0.29, 0.717) is 32.7 Å². The molecule has 0 radical (unpaired) electrons. The molecular formula is C36H30Br3Cl2N5O6. The lowest BCUT2D eigenvalue weighted by atomic mass is 9.56. The van der Waals surface area contributed by atoms with Crippen LogP contribution in [0.5, 0.6) is 11.5 Å². The lowest BCUT2D eigenvalue weighted by Crippen LogP contribution is -2.60. The maximum Gasteiger partial charge on any atom is 0.254 e. The normalized spacial score (nSPS) is 28.3. The molecule has 4 amide bonds. The average Bonchev–Trinajstić information content (AvgIpc) is 3.47. The van der Waals surface area contributed by atoms with E-state index in [0.717, 1.165) is 10.6 Å². The van der Waals surface area contributed by atoms with Gasteiger partial charge in [-0.25, -0.2) is 0 Å². The number of carbonyl (C=O) groups is 4. The van der Waals surface area contributed by atoms with Crippen molar-refractivity contribution in [2.45, 2.75) is 28.5 Å². The third-order valence-electron chi connectivity index (χ3n) is 10.5. The number of alkyl halides is 3. The molecule has 0 bridgehead atoms. The fraction of sp³-hybridized carbons (Fsp3) is 0.333. The van der Waals surface area contributed by atoms with Crippen molar-refractivity contribution in [2.24, 2.45) is 28.0 Å². The largest absolute Gasteiger partial charge is 0.503 e. The molecule has 2 heterocycles. The van der Waals surface area contributed by atoms with Gasteiger partial charge >= 0.3 is 0 Å². The van der Waals surface area contributed by atoms with Gasteiger partial charge in [-0.2, -0.15) is 10.2 Å². The molecule has 6 atom stereocenters. The van der Waals surface area contributed by atoms with Crippen LogP contribution in [0.25, 0.3) is 0 Å². The number of likely N-dealkylation sites (tertiary alicyclic amines) is 1. The Balaban J connectivity index is 1.26. The Morgan fingerprint density at radius 3 is 2.12 bits per heavy atom. The van der Waals surface area contributed by atoms with Gasteiger partial charge in [0.2, 0.25) is 11.8 Å². The number of carbonyl (C=O) groups excluding carboxylic acids is 4. The van der Waals surface area contributed by atoms with Gasteiger partial charge in [-0.05, 0) is 111 Å². The molecule has 3 fully saturated rings. The van der Waals surface area contributed by atoms with Gasteiger partial charge in [-0.3, -0.25) is 29.0 Å². The predicted octanol–water partition coefficient (Wildman–Crippen LogP) is 8.32. The number of ether oxygens (including phenoxy) is 1. The number of hydrogen-bond acceptors (Lipinski definition) is 9. The molecule has 3 aromatic rings. The first-order chi connectivity index (χ1) is 24.7. The van der Waals surface area contributed by atoms with Crippen LogP contribution in [-0.4, -0.2) is 70.0 Å². The minimum Gasteiger partial charge on any atom is -0.503 e. The number of azo groups is 1. The van der Waals surface area contributed by atoms with E-state index in [-0.39, 0.29) is 40.2 Å². The maximum absolute atomic E-state index is 14.4. The summed E-state index contributed by atoms with van der Waals surface area (Å²) in [6.45, 7) is 0. The molecule has 1 saturated carbocycles. The first kappa shape index (κ1) is 37.0. The third kappa shape index (κ3) is 5.38. The van der Waals surface area contributed by atoms with Gasteiger partial charge in [-0.15, -0.1) is 23.2 Å². The molecule has 52 heavy (non-hydrogen) atoms. The number of phenolic OH excluding ortho intramolecular Hbond substituents is 1. The summed E-state index contributed by atoms with van der Waals surface area (Å²) in [5, 5.41) is 19.4. The summed E-state index contributed by atoms with van der Waals surface area (Å²) >= 11 is 24.9. The number of allylic oxidation sites excluding steroid dienone is 2. The lowest BCUT2D eigenvalue weighted by molar-refractivity contribution is -0.138. The van der Waals surface area contributed by atoms with Crippen LogP contribution in [0.2, 0.25) is 0 Å². The van der Waals surface area contributed by atoms with Gasteiger partial charge < -0.3 is 14.7 Å². The molecule has 2 aliphatic heterocycles. The number of benzene rings is 3. The van der Waals surface area contributed by atoms with Crippen LogP contribution < -0.4 is 14.5 Å². The smallest absolute Gasteiger partial charge is 0.254 e. The molecule has 1 N–H and O–H groups in total. The number of imide groups is 2. The van der Waals surface area contributed by atoms with E-state index in [4.69, 9.17) is 27.9 Å². The summed E-state index contributed by atoms with van der Waals surface area (Å²) in [7, 11) is 5.28. The zero-order chi connectivity index (χ0) is 37.4. The second kappa shape index (κ2) is 13.5. The molecule has 2 saturated heterocycles. The molecule has 7 rings (SSSR count). The maximum atomic E-state index is 14.4. The van der Waals surface area contributed by atoms with E-state index in [1.807, 2.05) is 49.3 Å². The van der Waals surface area contributed by atoms with Crippen molar-refractivity contribution in [3.8, 4) is 11.5 Å². The van der Waals surface area contributed by atoms with Crippen molar-refractivity contribution in [1.82, 2.24) is 4.90 Å². The Kier molecular flexibility index (Phi) is 9.63. The zero-order valence-electron chi connectivity index (χ0n) is 27.8. The van der Waals surface area contributed by atoms with E-state index >= 15 is 0 Å². The van der Waals surface area contributed by atoms with E-state index in [1.54, 1.807) is 24.3 Å². The minimum absolute atomic E-state index is 0.0829. The number of methoxy groups -OCH3 is 1. The number of rotatable bonds is 7. The Hall–Kier alpha value is -3.30. The molecular weight excluding hydrogens is 909 g/mol. The first-order valence-corrected chi connectivity index (χ1v) is 19.6. The monoisotopic (exact) mass is 935 g/mol. The van der Waals surface area contributed by atoms with E-state index in [9.17, 15) is 24.3 Å². The SMILES string of the molecule is COc1cc([C@H]2C3=CC[C@@H]4C(=O)N(c5ccc(N=Nc6ccc(N(C)C)cc6)cc5)C(=O)[C@@H]4[C@@H]3C[C@@]3(Cl)C(=O)N(CBr)C(=O)[C@@]23Cl)c(Br)c(Br)c1O. The summed E-state index contributed by atoms with van der Waals surface area (Å²) in [5.74, 6) is -5.77. The van der Waals surface area contributed by atoms with Crippen LogP contribution in [0.15, 0.2) is 85.4 Å². The van der Waals surface area contributed by atoms with Gasteiger partial charge in [0, 0.05) is 30.2 Å². The summed E-state index contributed by atoms with van der Waals surface area (Å²) in [4.78, 5) is 56.7. The van der Waals surface area contributed by atoms with Crippen LogP contribution in [-0.2, 0) is 19.2 Å². The number of anilines is 2. The van der Waals surface area contributed by atoms with Crippen molar-refractivity contribution >= 4 is 117 Å². The second-order valence-electron chi connectivity index (χ2n) is 13.3. The standard InChI is InChI=1S/C36H30Br3Cl2N5O6/c1-44(2)19-8-4-17(5-9-19)42-43-18-6-10-20(11-7-18)46-31(48)22-13-12-21-24(26(22)32(46)49)15-35(40)33(50)45(16-37)34(51)36(35,41)27(21)23-14-25(52-3)30(47)29(39)28(23)38/h4-12,14,22,24,26-27,47H,13,15-16H2,1-3H3/t22-,24+,26-,27+,35+,36-/m0/s1. The van der Waals surface area contributed by atoms with Gasteiger partial charge in [0.05, 0.1) is 45.9 Å². The molecule has 16 heteroatoms. The number of hydrogen-bond donors (Lipinski definition) is 1. The van der Waals surface area contributed by atoms with Crippen molar-refractivity contribution in [3.63, 3.8) is 0 Å². The highest BCUT2D eigenvalue weighted by Gasteiger charge is 2.76. The Morgan fingerprint density at radius 2 is 1.54 bits per heavy atom. The Labute approximate surface area is 334 Å². The highest BCUT2D eigenvalue weighted by Crippen LogP contribution is 2.67. The highest BCUT2D eigenvalue weighted by molar-refractivity contribution is 9.13. The average molecular weight is 939 g/mol. The van der Waals surface area contributed by atoms with Gasteiger partial charge in [-0.1, -0.05) is 27.6 Å². The number of phenols is 1. The molecule has 11 nitrogen and oxygen atoms in total. The Morgan fingerprint density at radius 1 is 0.923 bits per heavy atom. The molecule has 0 spiro atoms. The zero-order valence-corrected chi connectivity index (χ0v) is 34.1. The number of aromatic hydroxyl groups is 1. The lowest BCUT2D eigenvalue weighted by Gasteiger charge is -2.51. The summed E-state index contributed by atoms with van der Waals surface area (Å²) in [6, 6.07) is 15.8. The van der Waals surface area contributed by atoms with Crippen LogP contribution >= 0.6 is 71.0 Å². The van der Waals surface area contributed by atoms with Crippen molar-refractivity contribution in [2.75, 3.05) is 36.5 Å². The van der Waals surface area contributed by atoms with Crippen LogP contribution in [0.3, 0.4) is 0 Å². The molecule has 0 aromatic heterocycles. The van der Waals surface area contributed by atoms with Gasteiger partial charge in [0.25, 0.3) is 11.8 Å². The minimum atomic E-state index is -2.03. The molecule has 2 aliphatic carbocycles. The third-order valence-corrected chi connectivity index (χ3v) is 14.5. The number of fused-ring (bicyclic) bond motifs is 4. The van der Waals surface area contributed by atoms with E-state index in [2.05, 4.69) is 58.0 Å². The molecule has 0 unspecified atom stereocenters. The highest BCUT2D eigenvalue weighted by atomic mass is 79.9. The summed E-state index contributed by atoms with van der Waals surface area (Å²) in [5.41, 5.74) is 3.45. The van der Waals surface area contributed by atoms with E-state index in [1.165, 1.54) is 18.1 Å².